The molecule has 1 atom stereocenters. The summed E-state index contributed by atoms with van der Waals surface area (Å²) in [5.41, 5.74) is 5.28. The summed E-state index contributed by atoms with van der Waals surface area (Å²) in [6.45, 7) is 0. The Morgan fingerprint density at radius 3 is 2.67 bits per heavy atom. The lowest BCUT2D eigenvalue weighted by Gasteiger charge is -2.12. The van der Waals surface area contributed by atoms with E-state index >= 15 is 0 Å². The Bertz CT molecular complexity index is 796. The van der Waals surface area contributed by atoms with Crippen molar-refractivity contribution in [3.8, 4) is 5.75 Å². The molecule has 2 aromatic rings. The Balaban J connectivity index is 1.58. The number of non-ortho nitro benzene ring substituents is 1. The minimum atomic E-state index is -0.729. The number of fused-ring (bicyclic) bond motifs is 1. The lowest BCUT2D eigenvalue weighted by atomic mass is 10.1. The molecule has 3 rings (SSSR count). The van der Waals surface area contributed by atoms with Crippen molar-refractivity contribution in [1.29, 1.82) is 0 Å². The van der Waals surface area contributed by atoms with Crippen LogP contribution in [0.1, 0.15) is 15.9 Å². The highest BCUT2D eigenvalue weighted by Gasteiger charge is 2.29. The molecule has 24 heavy (non-hydrogen) atoms. The Kier molecular flexibility index (Phi) is 4.11. The van der Waals surface area contributed by atoms with Crippen molar-refractivity contribution in [2.24, 2.45) is 0 Å². The van der Waals surface area contributed by atoms with Crippen LogP contribution in [-0.2, 0) is 11.2 Å². The van der Waals surface area contributed by atoms with Crippen molar-refractivity contribution in [3.05, 3.63) is 69.8 Å². The highest BCUT2D eigenvalue weighted by atomic mass is 16.6. The van der Waals surface area contributed by atoms with Crippen LogP contribution in [0.2, 0.25) is 0 Å². The van der Waals surface area contributed by atoms with Gasteiger partial charge in [-0.15, -0.1) is 0 Å². The number of hydrogen-bond donors (Lipinski definition) is 2. The van der Waals surface area contributed by atoms with E-state index in [0.29, 0.717) is 12.2 Å². The molecule has 0 fully saturated rings. The van der Waals surface area contributed by atoms with Crippen LogP contribution in [0.15, 0.2) is 48.5 Å². The minimum Gasteiger partial charge on any atom is -0.480 e. The predicted molar refractivity (Wildman–Crippen MR) is 83.3 cm³/mol. The summed E-state index contributed by atoms with van der Waals surface area (Å²) in [6, 6.07) is 12.5. The third-order valence-electron chi connectivity index (χ3n) is 3.56. The molecule has 0 aromatic heterocycles. The molecule has 0 bridgehead atoms. The molecule has 8 nitrogen and oxygen atoms in total. The van der Waals surface area contributed by atoms with E-state index in [2.05, 4.69) is 10.9 Å². The number of nitrogens with zero attached hydrogens (tertiary/aromatic N) is 1. The van der Waals surface area contributed by atoms with Crippen LogP contribution in [0.4, 0.5) is 5.69 Å². The fraction of sp³-hybridized carbons (Fsp3) is 0.125. The Labute approximate surface area is 136 Å². The molecule has 2 amide bonds. The van der Waals surface area contributed by atoms with Crippen LogP contribution >= 0.6 is 0 Å². The van der Waals surface area contributed by atoms with E-state index in [4.69, 9.17) is 4.74 Å². The Hall–Kier alpha value is -3.42. The van der Waals surface area contributed by atoms with Crippen LogP contribution in [0, 0.1) is 10.1 Å². The molecular formula is C16H13N3O5. The quantitative estimate of drug-likeness (QED) is 0.653. The maximum Gasteiger partial charge on any atom is 0.279 e. The number of carbonyl (C=O) groups is 2. The summed E-state index contributed by atoms with van der Waals surface area (Å²) >= 11 is 0. The van der Waals surface area contributed by atoms with Crippen molar-refractivity contribution < 1.29 is 19.2 Å². The van der Waals surface area contributed by atoms with Crippen LogP contribution in [0.25, 0.3) is 0 Å². The lowest BCUT2D eigenvalue weighted by molar-refractivity contribution is -0.384. The number of ether oxygens (including phenoxy) is 1. The molecule has 2 N–H and O–H groups in total. The number of nitrogens with one attached hydrogen (secondary N) is 2. The molecule has 1 heterocycles. The lowest BCUT2D eigenvalue weighted by Crippen LogP contribution is -2.47. The second-order valence-corrected chi connectivity index (χ2v) is 5.17. The predicted octanol–water partition coefficient (Wildman–Crippen LogP) is 1.36. The monoisotopic (exact) mass is 327 g/mol. The summed E-state index contributed by atoms with van der Waals surface area (Å²) < 4.78 is 5.50. The van der Waals surface area contributed by atoms with Gasteiger partial charge in [0.05, 0.1) is 4.92 Å². The summed E-state index contributed by atoms with van der Waals surface area (Å²) in [7, 11) is 0. The molecule has 0 saturated heterocycles. The largest absolute Gasteiger partial charge is 0.480 e. The Morgan fingerprint density at radius 1 is 1.12 bits per heavy atom. The smallest absolute Gasteiger partial charge is 0.279 e. The number of carbonyl (C=O) groups excluding carboxylic acids is 2. The fourth-order valence-corrected chi connectivity index (χ4v) is 2.36. The number of nitro benzene ring substituents is 1. The first-order valence-electron chi connectivity index (χ1n) is 7.14. The molecule has 1 aliphatic heterocycles. The van der Waals surface area contributed by atoms with Gasteiger partial charge in [-0.25, -0.2) is 0 Å². The molecule has 8 heteroatoms. The third-order valence-corrected chi connectivity index (χ3v) is 3.56. The van der Waals surface area contributed by atoms with Gasteiger partial charge < -0.3 is 4.74 Å². The highest BCUT2D eigenvalue weighted by Crippen LogP contribution is 2.27. The van der Waals surface area contributed by atoms with Gasteiger partial charge in [0.1, 0.15) is 5.75 Å². The number of rotatable bonds is 3. The summed E-state index contributed by atoms with van der Waals surface area (Å²) in [5.74, 6) is -0.504. The van der Waals surface area contributed by atoms with E-state index in [1.165, 1.54) is 18.2 Å². The molecule has 2 aromatic carbocycles. The van der Waals surface area contributed by atoms with E-state index in [0.717, 1.165) is 11.6 Å². The SMILES string of the molecule is O=C(NNC(=O)[C@@H]1Cc2ccccc2O1)c1cccc([N+](=O)[O-])c1. The molecule has 0 aliphatic carbocycles. The zero-order valence-corrected chi connectivity index (χ0v) is 12.4. The first-order valence-corrected chi connectivity index (χ1v) is 7.14. The van der Waals surface area contributed by atoms with Crippen LogP contribution < -0.4 is 15.6 Å². The van der Waals surface area contributed by atoms with Crippen molar-refractivity contribution in [2.75, 3.05) is 0 Å². The number of amides is 2. The maximum absolute atomic E-state index is 12.1. The van der Waals surface area contributed by atoms with E-state index in [-0.39, 0.29) is 11.3 Å². The topological polar surface area (TPSA) is 111 Å². The van der Waals surface area contributed by atoms with Gasteiger partial charge >= 0.3 is 0 Å². The van der Waals surface area contributed by atoms with Gasteiger partial charge in [-0.2, -0.15) is 0 Å². The van der Waals surface area contributed by atoms with Gasteiger partial charge in [0.2, 0.25) is 0 Å². The number of nitro groups is 1. The average Bonchev–Trinajstić information content (AvgIpc) is 3.03. The zero-order chi connectivity index (χ0) is 17.1. The van der Waals surface area contributed by atoms with Gasteiger partial charge in [0.25, 0.3) is 17.5 Å². The first-order chi connectivity index (χ1) is 11.5. The second-order valence-electron chi connectivity index (χ2n) is 5.17. The molecule has 0 saturated carbocycles. The fourth-order valence-electron chi connectivity index (χ4n) is 2.36. The van der Waals surface area contributed by atoms with Crippen LogP contribution in [0.5, 0.6) is 5.75 Å². The molecule has 0 unspecified atom stereocenters. The second kappa shape index (κ2) is 6.37. The van der Waals surface area contributed by atoms with Crippen molar-refractivity contribution in [1.82, 2.24) is 10.9 Å². The van der Waals surface area contributed by atoms with Crippen molar-refractivity contribution >= 4 is 17.5 Å². The van der Waals surface area contributed by atoms with E-state index < -0.39 is 22.8 Å². The van der Waals surface area contributed by atoms with E-state index in [1.54, 1.807) is 6.07 Å². The van der Waals surface area contributed by atoms with Crippen LogP contribution in [0.3, 0.4) is 0 Å². The van der Waals surface area contributed by atoms with Crippen LogP contribution in [-0.4, -0.2) is 22.8 Å². The van der Waals surface area contributed by atoms with Gasteiger partial charge in [0.15, 0.2) is 6.10 Å². The van der Waals surface area contributed by atoms with Gasteiger partial charge in [0, 0.05) is 24.1 Å². The van der Waals surface area contributed by atoms with Gasteiger partial charge in [-0.05, 0) is 17.7 Å². The van der Waals surface area contributed by atoms with Crippen molar-refractivity contribution in [3.63, 3.8) is 0 Å². The minimum absolute atomic E-state index is 0.0696. The highest BCUT2D eigenvalue weighted by molar-refractivity contribution is 5.96. The Morgan fingerprint density at radius 2 is 1.92 bits per heavy atom. The summed E-state index contributed by atoms with van der Waals surface area (Å²) in [5, 5.41) is 10.7. The molecule has 0 radical (unpaired) electrons. The maximum atomic E-state index is 12.1. The molecular weight excluding hydrogens is 314 g/mol. The van der Waals surface area contributed by atoms with E-state index in [9.17, 15) is 19.7 Å². The molecule has 122 valence electrons. The number of hydrazine groups is 1. The van der Waals surface area contributed by atoms with Gasteiger partial charge in [-0.3, -0.25) is 30.6 Å². The normalized spacial score (nSPS) is 15.1. The standard InChI is InChI=1S/C16H13N3O5/c20-15(11-5-3-6-12(8-11)19(22)23)17-18-16(21)14-9-10-4-1-2-7-13(10)24-14/h1-8,14H,9H2,(H,17,20)(H,18,21)/t14-/m0/s1. The first kappa shape index (κ1) is 15.5. The van der Waals surface area contributed by atoms with Gasteiger partial charge in [-0.1, -0.05) is 24.3 Å². The van der Waals surface area contributed by atoms with Crippen molar-refractivity contribution in [2.45, 2.75) is 12.5 Å². The number of para-hydroxylation sites is 1. The molecule has 1 aliphatic rings. The zero-order valence-electron chi connectivity index (χ0n) is 12.4. The molecule has 0 spiro atoms. The van der Waals surface area contributed by atoms with E-state index in [1.807, 2.05) is 18.2 Å². The average molecular weight is 327 g/mol. The summed E-state index contributed by atoms with van der Waals surface area (Å²) in [4.78, 5) is 34.1. The summed E-state index contributed by atoms with van der Waals surface area (Å²) in [6.07, 6.45) is -0.317. The number of hydrogen-bond acceptors (Lipinski definition) is 5. The number of benzene rings is 2. The third kappa shape index (κ3) is 3.17.